The predicted octanol–water partition coefficient (Wildman–Crippen LogP) is 2.39. The number of rotatable bonds is 7. The van der Waals surface area contributed by atoms with E-state index in [1.54, 1.807) is 13.1 Å². The highest BCUT2D eigenvalue weighted by atomic mass is 19.1. The van der Waals surface area contributed by atoms with Crippen LogP contribution in [0.3, 0.4) is 0 Å². The molecule has 1 aromatic rings. The zero-order valence-electron chi connectivity index (χ0n) is 17.8. The fourth-order valence-electron chi connectivity index (χ4n) is 3.88. The van der Waals surface area contributed by atoms with E-state index in [9.17, 15) is 9.18 Å². The van der Waals surface area contributed by atoms with Crippen LogP contribution in [0.1, 0.15) is 49.7 Å². The first-order valence-corrected chi connectivity index (χ1v) is 10.6. The first-order chi connectivity index (χ1) is 13.9. The summed E-state index contributed by atoms with van der Waals surface area (Å²) in [4.78, 5) is 18.7. The average Bonchev–Trinajstić information content (AvgIpc) is 3.51. The van der Waals surface area contributed by atoms with Crippen molar-refractivity contribution in [1.82, 2.24) is 20.9 Å². The molecule has 0 heterocycles. The zero-order chi connectivity index (χ0) is 20.8. The maximum atomic E-state index is 14.0. The Balaban J connectivity index is 1.50. The third-order valence-corrected chi connectivity index (χ3v) is 5.59. The predicted molar refractivity (Wildman–Crippen MR) is 114 cm³/mol. The second kappa shape index (κ2) is 10.1. The number of hydrogen-bond donors (Lipinski definition) is 3. The van der Waals surface area contributed by atoms with Crippen LogP contribution in [-0.4, -0.2) is 50.0 Å². The number of nitrogens with zero attached hydrogens (tertiary/aromatic N) is 2. The van der Waals surface area contributed by atoms with Crippen LogP contribution in [-0.2, 0) is 17.9 Å². The Kier molecular flexibility index (Phi) is 7.47. The molecule has 2 atom stereocenters. The number of carbonyl (C=O) groups excluding carboxylic acids is 1. The summed E-state index contributed by atoms with van der Waals surface area (Å²) in [6, 6.07) is 5.87. The fourth-order valence-corrected chi connectivity index (χ4v) is 3.88. The molecule has 0 bridgehead atoms. The lowest BCUT2D eigenvalue weighted by molar-refractivity contribution is -0.126. The van der Waals surface area contributed by atoms with Gasteiger partial charge in [-0.05, 0) is 63.9 Å². The number of amides is 1. The van der Waals surface area contributed by atoms with E-state index < -0.39 is 0 Å². The van der Waals surface area contributed by atoms with E-state index in [2.05, 4.69) is 20.9 Å². The van der Waals surface area contributed by atoms with Gasteiger partial charge < -0.3 is 20.9 Å². The molecule has 2 unspecified atom stereocenters. The molecule has 2 saturated carbocycles. The van der Waals surface area contributed by atoms with Crippen LogP contribution in [0.5, 0.6) is 0 Å². The van der Waals surface area contributed by atoms with Crippen LogP contribution in [0.25, 0.3) is 0 Å². The van der Waals surface area contributed by atoms with Gasteiger partial charge in [-0.3, -0.25) is 9.79 Å². The summed E-state index contributed by atoms with van der Waals surface area (Å²) in [6.07, 6.45) is 6.13. The maximum absolute atomic E-state index is 14.0. The number of guanidine groups is 1. The lowest BCUT2D eigenvalue weighted by Gasteiger charge is -2.30. The second-order valence-corrected chi connectivity index (χ2v) is 8.58. The van der Waals surface area contributed by atoms with Crippen LogP contribution < -0.4 is 16.0 Å². The molecule has 6 nitrogen and oxygen atoms in total. The molecular formula is C22H34FN5O. The van der Waals surface area contributed by atoms with Gasteiger partial charge in [-0.25, -0.2) is 4.39 Å². The molecule has 2 fully saturated rings. The molecule has 1 amide bonds. The molecule has 0 aromatic heterocycles. The molecule has 1 aromatic carbocycles. The highest BCUT2D eigenvalue weighted by Crippen LogP contribution is 2.26. The Bertz CT molecular complexity index is 732. The monoisotopic (exact) mass is 403 g/mol. The van der Waals surface area contributed by atoms with Gasteiger partial charge in [0.1, 0.15) is 5.82 Å². The first kappa shape index (κ1) is 21.6. The number of nitrogens with one attached hydrogen (secondary N) is 3. The molecule has 0 saturated heterocycles. The van der Waals surface area contributed by atoms with Crippen molar-refractivity contribution in [2.45, 2.75) is 63.7 Å². The Morgan fingerprint density at radius 1 is 1.17 bits per heavy atom. The minimum absolute atomic E-state index is 0.0886. The van der Waals surface area contributed by atoms with Gasteiger partial charge in [-0.1, -0.05) is 12.5 Å². The van der Waals surface area contributed by atoms with Crippen LogP contribution in [0.15, 0.2) is 23.2 Å². The van der Waals surface area contributed by atoms with Crippen LogP contribution in [0.2, 0.25) is 0 Å². The topological polar surface area (TPSA) is 68.8 Å². The van der Waals surface area contributed by atoms with Crippen LogP contribution in [0.4, 0.5) is 4.39 Å². The van der Waals surface area contributed by atoms with Crippen molar-refractivity contribution in [3.8, 4) is 0 Å². The molecule has 0 spiro atoms. The number of carbonyl (C=O) groups is 1. The van der Waals surface area contributed by atoms with Gasteiger partial charge in [0.05, 0.1) is 0 Å². The Labute approximate surface area is 173 Å². The van der Waals surface area contributed by atoms with Crippen LogP contribution in [0, 0.1) is 11.7 Å². The summed E-state index contributed by atoms with van der Waals surface area (Å²) in [5.41, 5.74) is 1.70. The summed E-state index contributed by atoms with van der Waals surface area (Å²) in [7, 11) is 5.61. The highest BCUT2D eigenvalue weighted by molar-refractivity contribution is 5.81. The lowest BCUT2D eigenvalue weighted by atomic mass is 9.85. The van der Waals surface area contributed by atoms with E-state index >= 15 is 0 Å². The molecule has 160 valence electrons. The van der Waals surface area contributed by atoms with Gasteiger partial charge in [0.2, 0.25) is 5.91 Å². The van der Waals surface area contributed by atoms with Crippen LogP contribution >= 0.6 is 0 Å². The van der Waals surface area contributed by atoms with E-state index in [-0.39, 0.29) is 23.7 Å². The number of aliphatic imine (C=N–C) groups is 1. The fraction of sp³-hybridized carbons (Fsp3) is 0.636. The lowest BCUT2D eigenvalue weighted by Crippen LogP contribution is -2.47. The van der Waals surface area contributed by atoms with E-state index in [4.69, 9.17) is 0 Å². The van der Waals surface area contributed by atoms with Crippen molar-refractivity contribution in [3.63, 3.8) is 0 Å². The third kappa shape index (κ3) is 6.70. The Morgan fingerprint density at radius 2 is 1.97 bits per heavy atom. The molecule has 2 aliphatic carbocycles. The Hall–Kier alpha value is -2.15. The largest absolute Gasteiger partial charge is 0.354 e. The van der Waals surface area contributed by atoms with Gasteiger partial charge in [-0.15, -0.1) is 0 Å². The summed E-state index contributed by atoms with van der Waals surface area (Å²) in [5, 5.41) is 9.92. The van der Waals surface area contributed by atoms with Crippen molar-refractivity contribution in [1.29, 1.82) is 0 Å². The molecule has 2 aliphatic rings. The average molecular weight is 404 g/mol. The number of hydrogen-bond acceptors (Lipinski definition) is 3. The van der Waals surface area contributed by atoms with Gasteiger partial charge >= 0.3 is 0 Å². The van der Waals surface area contributed by atoms with Crippen molar-refractivity contribution >= 4 is 11.9 Å². The van der Waals surface area contributed by atoms with Gasteiger partial charge in [0.25, 0.3) is 0 Å². The number of benzene rings is 1. The molecule has 3 N–H and O–H groups in total. The van der Waals surface area contributed by atoms with Gasteiger partial charge in [0, 0.05) is 43.7 Å². The molecule has 0 aliphatic heterocycles. The van der Waals surface area contributed by atoms with Gasteiger partial charge in [-0.2, -0.15) is 0 Å². The van der Waals surface area contributed by atoms with Gasteiger partial charge in [0.15, 0.2) is 5.96 Å². The quantitative estimate of drug-likeness (QED) is 0.483. The first-order valence-electron chi connectivity index (χ1n) is 10.6. The zero-order valence-corrected chi connectivity index (χ0v) is 17.8. The van der Waals surface area contributed by atoms with E-state index in [0.29, 0.717) is 24.7 Å². The molecule has 3 rings (SSSR count). The Morgan fingerprint density at radius 3 is 2.66 bits per heavy atom. The van der Waals surface area contributed by atoms with Crippen molar-refractivity contribution in [3.05, 3.63) is 35.1 Å². The van der Waals surface area contributed by atoms with Crippen molar-refractivity contribution in [2.24, 2.45) is 10.9 Å². The molecule has 29 heavy (non-hydrogen) atoms. The standard InChI is InChI=1S/C22H34FN5O/c1-24-22(25-13-15-7-10-20(23)17(11-15)14-28(2)3)27-19-6-4-5-16(12-19)21(29)26-18-8-9-18/h7,10-11,16,18-19H,4-6,8-9,12-14H2,1-3H3,(H,26,29)(H2,24,25,27). The molecular weight excluding hydrogens is 369 g/mol. The van der Waals surface area contributed by atoms with E-state index in [1.807, 2.05) is 25.1 Å². The SMILES string of the molecule is CN=C(NCc1ccc(F)c(CN(C)C)c1)NC1CCCC(C(=O)NC2CC2)C1. The summed E-state index contributed by atoms with van der Waals surface area (Å²) < 4.78 is 14.0. The normalized spacial score (nSPS) is 22.4. The molecule has 0 radical (unpaired) electrons. The summed E-state index contributed by atoms with van der Waals surface area (Å²) in [5.74, 6) is 0.840. The maximum Gasteiger partial charge on any atom is 0.223 e. The van der Waals surface area contributed by atoms with E-state index in [0.717, 1.165) is 50.0 Å². The minimum atomic E-state index is -0.178. The summed E-state index contributed by atoms with van der Waals surface area (Å²) >= 11 is 0. The second-order valence-electron chi connectivity index (χ2n) is 8.58. The third-order valence-electron chi connectivity index (χ3n) is 5.59. The minimum Gasteiger partial charge on any atom is -0.354 e. The summed E-state index contributed by atoms with van der Waals surface area (Å²) in [6.45, 7) is 1.14. The molecule has 7 heteroatoms. The van der Waals surface area contributed by atoms with Crippen molar-refractivity contribution < 1.29 is 9.18 Å². The van der Waals surface area contributed by atoms with E-state index in [1.165, 1.54) is 6.07 Å². The van der Waals surface area contributed by atoms with Crippen molar-refractivity contribution in [2.75, 3.05) is 21.1 Å². The smallest absolute Gasteiger partial charge is 0.223 e. The number of halogens is 1. The highest BCUT2D eigenvalue weighted by Gasteiger charge is 2.31.